The van der Waals surface area contributed by atoms with Crippen LogP contribution in [0.15, 0.2) is 91.0 Å². The highest BCUT2D eigenvalue weighted by atomic mass is 15.1. The third-order valence-corrected chi connectivity index (χ3v) is 5.87. The van der Waals surface area contributed by atoms with E-state index in [1.165, 1.54) is 32.7 Å². The lowest BCUT2D eigenvalue weighted by Gasteiger charge is -2.07. The molecule has 1 heterocycles. The molecule has 2 heteroatoms. The summed E-state index contributed by atoms with van der Waals surface area (Å²) in [6.07, 6.45) is 12.1. The van der Waals surface area contributed by atoms with Crippen molar-refractivity contribution in [2.75, 3.05) is 0 Å². The maximum Gasteiger partial charge on any atom is 0.107 e. The van der Waals surface area contributed by atoms with E-state index >= 15 is 0 Å². The van der Waals surface area contributed by atoms with Crippen molar-refractivity contribution in [1.82, 2.24) is 9.55 Å². The second kappa shape index (κ2) is 10.1. The number of imidazole rings is 1. The van der Waals surface area contributed by atoms with E-state index in [2.05, 4.69) is 122 Å². The van der Waals surface area contributed by atoms with Gasteiger partial charge in [0.15, 0.2) is 0 Å². The van der Waals surface area contributed by atoms with Crippen molar-refractivity contribution in [3.8, 4) is 0 Å². The molecule has 4 aromatic rings. The summed E-state index contributed by atoms with van der Waals surface area (Å²) in [5.74, 6) is 1.04. The zero-order chi connectivity index (χ0) is 22.3. The summed E-state index contributed by atoms with van der Waals surface area (Å²) in [5.41, 5.74) is 6.02. The van der Waals surface area contributed by atoms with Crippen molar-refractivity contribution in [3.63, 3.8) is 0 Å². The average Bonchev–Trinajstić information content (AvgIpc) is 3.16. The number of fused-ring (bicyclic) bond motifs is 1. The van der Waals surface area contributed by atoms with E-state index in [-0.39, 0.29) is 0 Å². The van der Waals surface area contributed by atoms with Crippen LogP contribution in [-0.2, 0) is 13.0 Å². The minimum absolute atomic E-state index is 0.794. The smallest absolute Gasteiger partial charge is 0.107 e. The quantitative estimate of drug-likeness (QED) is 0.360. The third-order valence-electron chi connectivity index (χ3n) is 5.87. The van der Waals surface area contributed by atoms with Crippen molar-refractivity contribution in [1.29, 1.82) is 0 Å². The van der Waals surface area contributed by atoms with E-state index in [0.717, 1.165) is 24.3 Å². The molecule has 0 aliphatic heterocycles. The predicted octanol–water partition coefficient (Wildman–Crippen LogP) is 5.83. The summed E-state index contributed by atoms with van der Waals surface area (Å²) in [6.45, 7) is 7.06. The monoisotopic (exact) mass is 418 g/mol. The molecule has 0 aliphatic carbocycles. The van der Waals surface area contributed by atoms with Crippen LogP contribution in [0, 0.1) is 6.92 Å². The molecule has 0 amide bonds. The fraction of sp³-hybridized carbons (Fsp3) is 0.167. The van der Waals surface area contributed by atoms with Crippen LogP contribution in [0.25, 0.3) is 28.8 Å². The highest BCUT2D eigenvalue weighted by molar-refractivity contribution is 5.76. The molecular weight excluding hydrogens is 388 g/mol. The van der Waals surface area contributed by atoms with Crippen molar-refractivity contribution < 1.29 is 0 Å². The summed E-state index contributed by atoms with van der Waals surface area (Å²) >= 11 is 0. The molecule has 3 aromatic carbocycles. The zero-order valence-corrected chi connectivity index (χ0v) is 19.1. The summed E-state index contributed by atoms with van der Waals surface area (Å²) in [4.78, 5) is 4.69. The summed E-state index contributed by atoms with van der Waals surface area (Å²) in [6, 6.07) is 25.7. The number of hydrogen-bond acceptors (Lipinski definition) is 1. The first-order valence-electron chi connectivity index (χ1n) is 11.2. The Morgan fingerprint density at radius 3 is 2.41 bits per heavy atom. The molecule has 0 fully saturated rings. The molecule has 0 radical (unpaired) electrons. The molecule has 2 nitrogen and oxygen atoms in total. The fourth-order valence-corrected chi connectivity index (χ4v) is 4.10. The van der Waals surface area contributed by atoms with Gasteiger partial charge >= 0.3 is 0 Å². The maximum atomic E-state index is 4.69. The molecular formula is C30H30N2. The number of rotatable bonds is 6. The van der Waals surface area contributed by atoms with E-state index in [9.17, 15) is 0 Å². The molecule has 0 atom stereocenters. The van der Waals surface area contributed by atoms with Gasteiger partial charge in [-0.3, -0.25) is 0 Å². The van der Waals surface area contributed by atoms with Gasteiger partial charge in [0.1, 0.15) is 5.82 Å². The Hall–Kier alpha value is -3.65. The van der Waals surface area contributed by atoms with Crippen LogP contribution >= 0.6 is 0 Å². The van der Waals surface area contributed by atoms with E-state index in [4.69, 9.17) is 4.98 Å². The van der Waals surface area contributed by atoms with Gasteiger partial charge in [0, 0.05) is 6.54 Å². The highest BCUT2D eigenvalue weighted by Gasteiger charge is 2.05. The summed E-state index contributed by atoms with van der Waals surface area (Å²) in [7, 11) is 0. The summed E-state index contributed by atoms with van der Waals surface area (Å²) < 4.78 is 2.26. The topological polar surface area (TPSA) is 17.8 Å². The minimum atomic E-state index is 0.794. The highest BCUT2D eigenvalue weighted by Crippen LogP contribution is 2.18. The van der Waals surface area contributed by atoms with Gasteiger partial charge in [0.05, 0.1) is 11.0 Å². The number of allylic oxidation sites excluding steroid dienone is 4. The van der Waals surface area contributed by atoms with Crippen LogP contribution in [0.3, 0.4) is 0 Å². The molecule has 0 N–H and O–H groups in total. The first-order chi connectivity index (χ1) is 15.7. The van der Waals surface area contributed by atoms with Crippen molar-refractivity contribution in [2.24, 2.45) is 0 Å². The Labute approximate surface area is 190 Å². The van der Waals surface area contributed by atoms with Gasteiger partial charge in [0.2, 0.25) is 0 Å². The Morgan fingerprint density at radius 2 is 1.62 bits per heavy atom. The Kier molecular flexibility index (Phi) is 6.81. The van der Waals surface area contributed by atoms with E-state index in [1.807, 2.05) is 6.07 Å². The van der Waals surface area contributed by atoms with Gasteiger partial charge in [-0.2, -0.15) is 0 Å². The third kappa shape index (κ3) is 4.81. The van der Waals surface area contributed by atoms with Gasteiger partial charge < -0.3 is 4.57 Å². The van der Waals surface area contributed by atoms with Crippen molar-refractivity contribution >= 4 is 28.8 Å². The van der Waals surface area contributed by atoms with Crippen LogP contribution in [-0.4, -0.2) is 9.55 Å². The first-order valence-corrected chi connectivity index (χ1v) is 11.2. The Bertz CT molecular complexity index is 1390. The van der Waals surface area contributed by atoms with E-state index in [0.29, 0.717) is 0 Å². The molecule has 160 valence electrons. The van der Waals surface area contributed by atoms with Crippen LogP contribution in [0.2, 0.25) is 0 Å². The van der Waals surface area contributed by atoms with Gasteiger partial charge in [-0.25, -0.2) is 4.98 Å². The second-order valence-electron chi connectivity index (χ2n) is 7.93. The van der Waals surface area contributed by atoms with Crippen molar-refractivity contribution in [2.45, 2.75) is 33.7 Å². The number of aromatic nitrogens is 2. The SMILES string of the molecule is C/C=c1/ccc(C(/C=C\Cn2c(C)nc3ccccc32)=C/Cc2ccccc2)c/c1=C/C. The van der Waals surface area contributed by atoms with Crippen LogP contribution < -0.4 is 10.4 Å². The fourth-order valence-electron chi connectivity index (χ4n) is 4.10. The normalized spacial score (nSPS) is 13.5. The molecule has 32 heavy (non-hydrogen) atoms. The number of hydrogen-bond donors (Lipinski definition) is 0. The Balaban J connectivity index is 1.68. The molecule has 1 aromatic heterocycles. The van der Waals surface area contributed by atoms with E-state index in [1.54, 1.807) is 0 Å². The molecule has 0 aliphatic rings. The standard InChI is InChI=1S/C30H30N2/c1-4-25-19-20-28(22-26(25)5-2)27(18-17-24-12-7-6-8-13-24)14-11-21-32-23(3)31-29-15-9-10-16-30(29)32/h4-16,18-20,22H,17,21H2,1-3H3/b14-11-,25-4-,26-5-,27-18+. The lowest BCUT2D eigenvalue weighted by atomic mass is 10.0. The molecule has 0 spiro atoms. The number of nitrogens with zero attached hydrogens (tertiary/aromatic N) is 2. The van der Waals surface area contributed by atoms with E-state index < -0.39 is 0 Å². The lowest BCUT2D eigenvalue weighted by Crippen LogP contribution is -2.23. The molecule has 0 saturated carbocycles. The molecule has 4 rings (SSSR count). The average molecular weight is 419 g/mol. The molecule has 0 unspecified atom stereocenters. The molecule has 0 saturated heterocycles. The Morgan fingerprint density at radius 1 is 0.875 bits per heavy atom. The van der Waals surface area contributed by atoms with Crippen LogP contribution in [0.5, 0.6) is 0 Å². The maximum absolute atomic E-state index is 4.69. The number of aryl methyl sites for hydroxylation is 1. The molecule has 0 bridgehead atoms. The lowest BCUT2D eigenvalue weighted by molar-refractivity contribution is 0.806. The van der Waals surface area contributed by atoms with Crippen molar-refractivity contribution in [3.05, 3.63) is 118 Å². The largest absolute Gasteiger partial charge is 0.324 e. The summed E-state index contributed by atoms with van der Waals surface area (Å²) in [5, 5.41) is 2.53. The van der Waals surface area contributed by atoms with Gasteiger partial charge in [-0.05, 0) is 72.5 Å². The predicted molar refractivity (Wildman–Crippen MR) is 138 cm³/mol. The first kappa shape index (κ1) is 21.6. The minimum Gasteiger partial charge on any atom is -0.324 e. The van der Waals surface area contributed by atoms with Gasteiger partial charge in [-0.15, -0.1) is 0 Å². The zero-order valence-electron chi connectivity index (χ0n) is 19.1. The second-order valence-corrected chi connectivity index (χ2v) is 7.93. The number of benzene rings is 3. The van der Waals surface area contributed by atoms with Gasteiger partial charge in [-0.1, -0.05) is 85.0 Å². The van der Waals surface area contributed by atoms with Crippen LogP contribution in [0.1, 0.15) is 30.8 Å². The van der Waals surface area contributed by atoms with Gasteiger partial charge in [0.25, 0.3) is 0 Å². The number of para-hydroxylation sites is 2. The van der Waals surface area contributed by atoms with Crippen LogP contribution in [0.4, 0.5) is 0 Å².